The maximum atomic E-state index is 5.25. The van der Waals surface area contributed by atoms with Gasteiger partial charge in [0.25, 0.3) is 0 Å². The van der Waals surface area contributed by atoms with Crippen LogP contribution in [0.25, 0.3) is 0 Å². The zero-order valence-corrected chi connectivity index (χ0v) is 19.3. The molecule has 0 saturated carbocycles. The van der Waals surface area contributed by atoms with Gasteiger partial charge in [-0.15, -0.1) is 11.3 Å². The zero-order chi connectivity index (χ0) is 21.2. The van der Waals surface area contributed by atoms with Crippen LogP contribution >= 0.6 is 11.3 Å². The number of guanidine groups is 1. The van der Waals surface area contributed by atoms with Gasteiger partial charge in [-0.3, -0.25) is 9.89 Å². The second-order valence-corrected chi connectivity index (χ2v) is 8.64. The monoisotopic (exact) mass is 429 g/mol. The number of rotatable bonds is 9. The summed E-state index contributed by atoms with van der Waals surface area (Å²) in [7, 11) is 5.69. The Morgan fingerprint density at radius 2 is 1.93 bits per heavy atom. The van der Waals surface area contributed by atoms with Crippen LogP contribution < -0.4 is 15.0 Å². The van der Waals surface area contributed by atoms with Gasteiger partial charge < -0.3 is 19.9 Å². The second kappa shape index (κ2) is 11.8. The Hall–Kier alpha value is -2.25. The van der Waals surface area contributed by atoms with Crippen molar-refractivity contribution in [2.24, 2.45) is 4.99 Å². The number of piperazine rings is 1. The van der Waals surface area contributed by atoms with Gasteiger partial charge >= 0.3 is 0 Å². The third-order valence-corrected chi connectivity index (χ3v) is 6.53. The number of hydrogen-bond donors (Lipinski definition) is 1. The van der Waals surface area contributed by atoms with E-state index in [0.717, 1.165) is 70.4 Å². The first kappa shape index (κ1) is 22.4. The van der Waals surface area contributed by atoms with E-state index in [4.69, 9.17) is 4.74 Å². The van der Waals surface area contributed by atoms with Crippen molar-refractivity contribution in [3.63, 3.8) is 0 Å². The summed E-state index contributed by atoms with van der Waals surface area (Å²) in [6.45, 7) is 7.43. The van der Waals surface area contributed by atoms with E-state index in [1.807, 2.05) is 30.5 Å². The van der Waals surface area contributed by atoms with E-state index in [1.165, 1.54) is 10.6 Å². The number of thiophene rings is 1. The molecule has 0 spiro atoms. The molecule has 164 valence electrons. The van der Waals surface area contributed by atoms with Gasteiger partial charge in [-0.1, -0.05) is 6.07 Å². The molecule has 2 aromatic rings. The molecule has 2 heterocycles. The summed E-state index contributed by atoms with van der Waals surface area (Å²) in [5, 5.41) is 5.65. The Labute approximate surface area is 185 Å². The maximum Gasteiger partial charge on any atom is 0.193 e. The van der Waals surface area contributed by atoms with Gasteiger partial charge in [0.05, 0.1) is 7.11 Å². The van der Waals surface area contributed by atoms with Crippen LogP contribution in [0, 0.1) is 0 Å². The third kappa shape index (κ3) is 6.64. The lowest BCUT2D eigenvalue weighted by atomic mass is 10.2. The van der Waals surface area contributed by atoms with Crippen molar-refractivity contribution >= 4 is 23.0 Å². The Bertz CT molecular complexity index is 754. The molecule has 1 aliphatic heterocycles. The molecule has 30 heavy (non-hydrogen) atoms. The van der Waals surface area contributed by atoms with E-state index in [-0.39, 0.29) is 0 Å². The van der Waals surface area contributed by atoms with Crippen molar-refractivity contribution in [1.29, 1.82) is 0 Å². The number of benzene rings is 1. The fraction of sp³-hybridized carbons (Fsp3) is 0.522. The van der Waals surface area contributed by atoms with Crippen LogP contribution in [-0.4, -0.2) is 82.8 Å². The lowest BCUT2D eigenvalue weighted by Crippen LogP contribution is -2.47. The average molecular weight is 430 g/mol. The summed E-state index contributed by atoms with van der Waals surface area (Å²) in [6, 6.07) is 12.7. The van der Waals surface area contributed by atoms with Gasteiger partial charge in [0, 0.05) is 63.9 Å². The third-order valence-electron chi connectivity index (χ3n) is 5.59. The van der Waals surface area contributed by atoms with E-state index >= 15 is 0 Å². The molecule has 0 atom stereocenters. The minimum Gasteiger partial charge on any atom is -0.497 e. The van der Waals surface area contributed by atoms with E-state index in [0.29, 0.717) is 0 Å². The number of anilines is 1. The van der Waals surface area contributed by atoms with Crippen LogP contribution in [0.5, 0.6) is 5.75 Å². The summed E-state index contributed by atoms with van der Waals surface area (Å²) in [4.78, 5) is 13.1. The predicted octanol–water partition coefficient (Wildman–Crippen LogP) is 3.02. The van der Waals surface area contributed by atoms with Crippen LogP contribution in [-0.2, 0) is 6.42 Å². The molecule has 0 amide bonds. The van der Waals surface area contributed by atoms with Crippen molar-refractivity contribution in [3.05, 3.63) is 46.7 Å². The Balaban J connectivity index is 1.31. The Kier molecular flexibility index (Phi) is 8.83. The molecule has 1 aliphatic rings. The number of likely N-dealkylation sites (N-methyl/N-ethyl adjacent to an activating group) is 1. The summed E-state index contributed by atoms with van der Waals surface area (Å²) in [5.41, 5.74) is 1.28. The molecule has 0 unspecified atom stereocenters. The van der Waals surface area contributed by atoms with E-state index in [9.17, 15) is 0 Å². The summed E-state index contributed by atoms with van der Waals surface area (Å²) < 4.78 is 5.25. The SMILES string of the molecule is CN=C(NCCCN1CCN(c2ccc(OC)cc2)CC1)N(C)CCc1cccs1. The highest BCUT2D eigenvalue weighted by Gasteiger charge is 2.17. The molecule has 7 heteroatoms. The molecule has 1 saturated heterocycles. The smallest absolute Gasteiger partial charge is 0.193 e. The van der Waals surface area contributed by atoms with E-state index < -0.39 is 0 Å². The van der Waals surface area contributed by atoms with Gasteiger partial charge in [0.2, 0.25) is 0 Å². The molecule has 0 radical (unpaired) electrons. The molecular formula is C23H35N5OS. The van der Waals surface area contributed by atoms with Gasteiger partial charge in [-0.25, -0.2) is 0 Å². The van der Waals surface area contributed by atoms with Gasteiger partial charge in [-0.2, -0.15) is 0 Å². The molecule has 0 aliphatic carbocycles. The molecule has 3 rings (SSSR count). The summed E-state index contributed by atoms with van der Waals surface area (Å²) >= 11 is 1.82. The first-order chi connectivity index (χ1) is 14.7. The van der Waals surface area contributed by atoms with Crippen molar-refractivity contribution < 1.29 is 4.74 Å². The minimum absolute atomic E-state index is 0.914. The Morgan fingerprint density at radius 3 is 2.57 bits per heavy atom. The molecule has 6 nitrogen and oxygen atoms in total. The van der Waals surface area contributed by atoms with Crippen LogP contribution in [0.2, 0.25) is 0 Å². The van der Waals surface area contributed by atoms with Crippen LogP contribution in [0.3, 0.4) is 0 Å². The molecule has 1 fully saturated rings. The normalized spacial score (nSPS) is 15.3. The maximum absolute atomic E-state index is 5.25. The minimum atomic E-state index is 0.914. The topological polar surface area (TPSA) is 43.3 Å². The predicted molar refractivity (Wildman–Crippen MR) is 128 cm³/mol. The van der Waals surface area contributed by atoms with Crippen LogP contribution in [0.1, 0.15) is 11.3 Å². The number of nitrogens with one attached hydrogen (secondary N) is 1. The van der Waals surface area contributed by atoms with Crippen molar-refractivity contribution in [1.82, 2.24) is 15.1 Å². The Morgan fingerprint density at radius 1 is 1.17 bits per heavy atom. The van der Waals surface area contributed by atoms with Crippen LogP contribution in [0.15, 0.2) is 46.8 Å². The molecular weight excluding hydrogens is 394 g/mol. The van der Waals surface area contributed by atoms with E-state index in [1.54, 1.807) is 7.11 Å². The highest BCUT2D eigenvalue weighted by atomic mass is 32.1. The first-order valence-electron chi connectivity index (χ1n) is 10.7. The fourth-order valence-corrected chi connectivity index (χ4v) is 4.45. The van der Waals surface area contributed by atoms with Gasteiger partial charge in [0.1, 0.15) is 5.75 Å². The number of nitrogens with zero attached hydrogens (tertiary/aromatic N) is 4. The lowest BCUT2D eigenvalue weighted by molar-refractivity contribution is 0.255. The number of hydrogen-bond acceptors (Lipinski definition) is 5. The largest absolute Gasteiger partial charge is 0.497 e. The lowest BCUT2D eigenvalue weighted by Gasteiger charge is -2.36. The average Bonchev–Trinajstić information content (AvgIpc) is 3.32. The highest BCUT2D eigenvalue weighted by molar-refractivity contribution is 7.09. The van der Waals surface area contributed by atoms with Gasteiger partial charge in [-0.05, 0) is 55.1 Å². The van der Waals surface area contributed by atoms with Crippen LogP contribution in [0.4, 0.5) is 5.69 Å². The fourth-order valence-electron chi connectivity index (χ4n) is 3.75. The van der Waals surface area contributed by atoms with E-state index in [2.05, 4.69) is 61.7 Å². The zero-order valence-electron chi connectivity index (χ0n) is 18.5. The molecule has 1 aromatic heterocycles. The number of aliphatic imine (C=N–C) groups is 1. The standard InChI is InChI=1S/C23H35N5OS/c1-24-23(26(2)14-11-22-6-4-19-30-22)25-12-5-13-27-15-17-28(18-16-27)20-7-9-21(29-3)10-8-20/h4,6-10,19H,5,11-18H2,1-3H3,(H,24,25). The highest BCUT2D eigenvalue weighted by Crippen LogP contribution is 2.20. The van der Waals surface area contributed by atoms with Crippen molar-refractivity contribution in [3.8, 4) is 5.75 Å². The van der Waals surface area contributed by atoms with Gasteiger partial charge in [0.15, 0.2) is 5.96 Å². The summed E-state index contributed by atoms with van der Waals surface area (Å²) in [6.07, 6.45) is 2.19. The number of ether oxygens (including phenoxy) is 1. The molecule has 1 N–H and O–H groups in total. The summed E-state index contributed by atoms with van der Waals surface area (Å²) in [5.74, 6) is 1.90. The first-order valence-corrected chi connectivity index (χ1v) is 11.6. The quantitative estimate of drug-likeness (QED) is 0.377. The molecule has 1 aromatic carbocycles. The molecule has 0 bridgehead atoms. The van der Waals surface area contributed by atoms with Crippen molar-refractivity contribution in [2.75, 3.05) is 71.9 Å². The van der Waals surface area contributed by atoms with Crippen molar-refractivity contribution in [2.45, 2.75) is 12.8 Å². The number of methoxy groups -OCH3 is 1. The second-order valence-electron chi connectivity index (χ2n) is 7.61.